The van der Waals surface area contributed by atoms with Crippen molar-refractivity contribution in [2.24, 2.45) is 0 Å². The largest absolute Gasteiger partial charge is 0.495 e. The van der Waals surface area contributed by atoms with Crippen LogP contribution >= 0.6 is 0 Å². The first-order chi connectivity index (χ1) is 9.19. The Balaban J connectivity index is 2.47. The first-order valence-electron chi connectivity index (χ1n) is 5.78. The zero-order valence-corrected chi connectivity index (χ0v) is 10.8. The highest BCUT2D eigenvalue weighted by Crippen LogP contribution is 2.34. The maximum Gasteiger partial charge on any atom is 0.143 e. The Morgan fingerprint density at radius 3 is 2.47 bits per heavy atom. The van der Waals surface area contributed by atoms with Crippen LogP contribution in [-0.4, -0.2) is 24.3 Å². The molecule has 0 amide bonds. The Bertz CT molecular complexity index is 572. The fraction of sp³-hybridized carbons (Fsp3) is 0.214. The summed E-state index contributed by atoms with van der Waals surface area (Å²) in [6, 6.07) is 8.72. The zero-order valence-electron chi connectivity index (χ0n) is 10.8. The van der Waals surface area contributed by atoms with Crippen molar-refractivity contribution in [2.45, 2.75) is 6.10 Å². The Morgan fingerprint density at radius 1 is 1.11 bits per heavy atom. The molecule has 0 saturated heterocycles. The predicted molar refractivity (Wildman–Crippen MR) is 72.3 cm³/mol. The first kappa shape index (κ1) is 13.2. The third kappa shape index (κ3) is 2.46. The number of methoxy groups -OCH3 is 2. The zero-order chi connectivity index (χ0) is 13.8. The summed E-state index contributed by atoms with van der Waals surface area (Å²) < 4.78 is 10.3. The number of pyridine rings is 1. The molecule has 0 aliphatic heterocycles. The van der Waals surface area contributed by atoms with Gasteiger partial charge in [0.25, 0.3) is 0 Å². The van der Waals surface area contributed by atoms with Crippen molar-refractivity contribution in [1.29, 1.82) is 0 Å². The minimum Gasteiger partial charge on any atom is -0.495 e. The molecule has 5 nitrogen and oxygen atoms in total. The van der Waals surface area contributed by atoms with Crippen LogP contribution in [-0.2, 0) is 0 Å². The van der Waals surface area contributed by atoms with Gasteiger partial charge in [0.1, 0.15) is 23.3 Å². The van der Waals surface area contributed by atoms with Crippen LogP contribution in [0.2, 0.25) is 0 Å². The topological polar surface area (TPSA) is 77.6 Å². The number of aliphatic hydroxyl groups excluding tert-OH is 1. The minimum atomic E-state index is -0.966. The number of aliphatic hydroxyl groups is 1. The fourth-order valence-corrected chi connectivity index (χ4v) is 1.91. The number of nitrogens with zero attached hydrogens (tertiary/aromatic N) is 1. The molecular formula is C14H16N2O3. The molecule has 1 unspecified atom stereocenters. The van der Waals surface area contributed by atoms with Crippen LogP contribution in [0.15, 0.2) is 36.5 Å². The maximum absolute atomic E-state index is 10.4. The second-order valence-electron chi connectivity index (χ2n) is 3.96. The van der Waals surface area contributed by atoms with Gasteiger partial charge in [0.05, 0.1) is 19.9 Å². The van der Waals surface area contributed by atoms with Gasteiger partial charge in [-0.25, -0.2) is 0 Å². The van der Waals surface area contributed by atoms with E-state index in [9.17, 15) is 5.11 Å². The number of benzene rings is 1. The van der Waals surface area contributed by atoms with Gasteiger partial charge in [-0.3, -0.25) is 4.98 Å². The molecule has 0 bridgehead atoms. The van der Waals surface area contributed by atoms with Crippen LogP contribution in [0.4, 0.5) is 5.69 Å². The predicted octanol–water partition coefficient (Wildman–Crippen LogP) is 1.76. The SMILES string of the molecule is COc1cccnc1C(O)c1cccc(OC)c1N. The van der Waals surface area contributed by atoms with E-state index in [4.69, 9.17) is 15.2 Å². The lowest BCUT2D eigenvalue weighted by Crippen LogP contribution is -2.08. The normalized spacial score (nSPS) is 11.9. The summed E-state index contributed by atoms with van der Waals surface area (Å²) in [6.07, 6.45) is 0.628. The van der Waals surface area contributed by atoms with Crippen LogP contribution < -0.4 is 15.2 Å². The van der Waals surface area contributed by atoms with Crippen molar-refractivity contribution in [3.8, 4) is 11.5 Å². The monoisotopic (exact) mass is 260 g/mol. The van der Waals surface area contributed by atoms with E-state index < -0.39 is 6.10 Å². The summed E-state index contributed by atoms with van der Waals surface area (Å²) in [6.45, 7) is 0. The Labute approximate surface area is 111 Å². The van der Waals surface area contributed by atoms with E-state index >= 15 is 0 Å². The summed E-state index contributed by atoms with van der Waals surface area (Å²) in [4.78, 5) is 4.15. The Morgan fingerprint density at radius 2 is 1.79 bits per heavy atom. The molecule has 0 fully saturated rings. The van der Waals surface area contributed by atoms with E-state index in [1.807, 2.05) is 0 Å². The number of hydrogen-bond donors (Lipinski definition) is 2. The first-order valence-corrected chi connectivity index (χ1v) is 5.78. The maximum atomic E-state index is 10.4. The standard InChI is InChI=1S/C14H16N2O3/c1-18-10-6-3-5-9(12(10)15)14(17)13-11(19-2)7-4-8-16-13/h3-8,14,17H,15H2,1-2H3. The van der Waals surface area contributed by atoms with Gasteiger partial charge in [-0.15, -0.1) is 0 Å². The van der Waals surface area contributed by atoms with E-state index in [-0.39, 0.29) is 0 Å². The molecule has 0 saturated carbocycles. The van der Waals surface area contributed by atoms with E-state index in [2.05, 4.69) is 4.98 Å². The molecule has 0 aliphatic carbocycles. The third-order valence-corrected chi connectivity index (χ3v) is 2.89. The summed E-state index contributed by atoms with van der Waals surface area (Å²) in [5, 5.41) is 10.4. The van der Waals surface area contributed by atoms with Crippen molar-refractivity contribution >= 4 is 5.69 Å². The van der Waals surface area contributed by atoms with Gasteiger partial charge in [0.2, 0.25) is 0 Å². The summed E-state index contributed by atoms with van der Waals surface area (Å²) in [5.74, 6) is 1.03. The Kier molecular flexibility index (Phi) is 3.87. The number of ether oxygens (including phenoxy) is 2. The fourth-order valence-electron chi connectivity index (χ4n) is 1.91. The molecule has 0 radical (unpaired) electrons. The van der Waals surface area contributed by atoms with Crippen LogP contribution in [0, 0.1) is 0 Å². The van der Waals surface area contributed by atoms with Crippen LogP contribution in [0.25, 0.3) is 0 Å². The van der Waals surface area contributed by atoms with Gasteiger partial charge < -0.3 is 20.3 Å². The summed E-state index contributed by atoms with van der Waals surface area (Å²) >= 11 is 0. The second-order valence-corrected chi connectivity index (χ2v) is 3.96. The van der Waals surface area contributed by atoms with Gasteiger partial charge in [0, 0.05) is 11.8 Å². The quantitative estimate of drug-likeness (QED) is 0.819. The molecule has 0 spiro atoms. The van der Waals surface area contributed by atoms with Crippen LogP contribution in [0.3, 0.4) is 0 Å². The molecular weight excluding hydrogens is 244 g/mol. The molecule has 5 heteroatoms. The minimum absolute atomic E-state index is 0.394. The van der Waals surface area contributed by atoms with Gasteiger partial charge >= 0.3 is 0 Å². The lowest BCUT2D eigenvalue weighted by Gasteiger charge is -2.17. The number of rotatable bonds is 4. The molecule has 1 atom stereocenters. The smallest absolute Gasteiger partial charge is 0.143 e. The average molecular weight is 260 g/mol. The number of hydrogen-bond acceptors (Lipinski definition) is 5. The van der Waals surface area contributed by atoms with Crippen LogP contribution in [0.1, 0.15) is 17.4 Å². The Hall–Kier alpha value is -2.27. The number of nitrogens with two attached hydrogens (primary N) is 1. The molecule has 19 heavy (non-hydrogen) atoms. The molecule has 1 aromatic carbocycles. The third-order valence-electron chi connectivity index (χ3n) is 2.89. The highest BCUT2D eigenvalue weighted by Gasteiger charge is 2.20. The lowest BCUT2D eigenvalue weighted by atomic mass is 10.0. The molecule has 2 aromatic rings. The van der Waals surface area contributed by atoms with E-state index in [1.54, 1.807) is 36.5 Å². The van der Waals surface area contributed by atoms with Crippen LogP contribution in [0.5, 0.6) is 11.5 Å². The van der Waals surface area contributed by atoms with Gasteiger partial charge in [0.15, 0.2) is 0 Å². The highest BCUT2D eigenvalue weighted by molar-refractivity contribution is 5.60. The number of anilines is 1. The number of para-hydroxylation sites is 1. The van der Waals surface area contributed by atoms with Gasteiger partial charge in [-0.2, -0.15) is 0 Å². The molecule has 100 valence electrons. The molecule has 0 aliphatic rings. The lowest BCUT2D eigenvalue weighted by molar-refractivity contribution is 0.209. The summed E-state index contributed by atoms with van der Waals surface area (Å²) in [5.41, 5.74) is 7.32. The van der Waals surface area contributed by atoms with E-state index in [0.29, 0.717) is 28.4 Å². The van der Waals surface area contributed by atoms with Crippen molar-refractivity contribution in [3.05, 3.63) is 47.8 Å². The molecule has 1 heterocycles. The van der Waals surface area contributed by atoms with Crippen molar-refractivity contribution < 1.29 is 14.6 Å². The van der Waals surface area contributed by atoms with E-state index in [0.717, 1.165) is 0 Å². The van der Waals surface area contributed by atoms with Crippen molar-refractivity contribution in [2.75, 3.05) is 20.0 Å². The van der Waals surface area contributed by atoms with Gasteiger partial charge in [-0.1, -0.05) is 12.1 Å². The van der Waals surface area contributed by atoms with Crippen molar-refractivity contribution in [1.82, 2.24) is 4.98 Å². The molecule has 1 aromatic heterocycles. The second kappa shape index (κ2) is 5.58. The number of nitrogen functional groups attached to an aromatic ring is 1. The number of aromatic nitrogens is 1. The average Bonchev–Trinajstić information content (AvgIpc) is 2.46. The highest BCUT2D eigenvalue weighted by atomic mass is 16.5. The van der Waals surface area contributed by atoms with Gasteiger partial charge in [-0.05, 0) is 18.2 Å². The summed E-state index contributed by atoms with van der Waals surface area (Å²) in [7, 11) is 3.06. The molecule has 2 rings (SSSR count). The van der Waals surface area contributed by atoms with E-state index in [1.165, 1.54) is 14.2 Å². The van der Waals surface area contributed by atoms with Crippen molar-refractivity contribution in [3.63, 3.8) is 0 Å². The molecule has 3 N–H and O–H groups in total.